The number of carbonyl (C=O) groups excluding carboxylic acids is 1. The maximum Gasteiger partial charge on any atom is 0.254 e. The molecule has 0 aromatic heterocycles. The molecule has 140 valence electrons. The maximum atomic E-state index is 13.3. The van der Waals surface area contributed by atoms with Crippen molar-refractivity contribution < 1.29 is 14.3 Å². The van der Waals surface area contributed by atoms with Crippen molar-refractivity contribution in [1.29, 1.82) is 0 Å². The summed E-state index contributed by atoms with van der Waals surface area (Å²) in [4.78, 5) is 17.1. The molecule has 0 saturated heterocycles. The van der Waals surface area contributed by atoms with Crippen molar-refractivity contribution in [3.8, 4) is 5.75 Å². The van der Waals surface area contributed by atoms with Gasteiger partial charge in [-0.1, -0.05) is 24.3 Å². The Morgan fingerprint density at radius 1 is 1.08 bits per heavy atom. The lowest BCUT2D eigenvalue weighted by Crippen LogP contribution is -2.40. The van der Waals surface area contributed by atoms with E-state index in [0.717, 1.165) is 17.0 Å². The Hall–Kier alpha value is -2.53. The number of anilines is 1. The highest BCUT2D eigenvalue weighted by molar-refractivity contribution is 5.95. The third-order valence-corrected chi connectivity index (χ3v) is 4.34. The molecule has 0 aliphatic rings. The molecule has 1 amide bonds. The smallest absolute Gasteiger partial charge is 0.254 e. The van der Waals surface area contributed by atoms with Crippen molar-refractivity contribution in [1.82, 2.24) is 4.90 Å². The van der Waals surface area contributed by atoms with Gasteiger partial charge in [-0.2, -0.15) is 0 Å². The monoisotopic (exact) mass is 356 g/mol. The standard InChI is InChI=1S/C21H28N2O3/c1-16(15-25-4)23(14-18-9-6-7-12-20(18)26-5)21(24)17-10-8-11-19(13-17)22(2)3/h6-13,16H,14-15H2,1-5H3/t16-/m0/s1. The molecule has 0 N–H and O–H groups in total. The molecule has 0 radical (unpaired) electrons. The molecule has 1 atom stereocenters. The van der Waals surface area contributed by atoms with Crippen LogP contribution in [0.2, 0.25) is 0 Å². The van der Waals surface area contributed by atoms with Crippen molar-refractivity contribution in [3.63, 3.8) is 0 Å². The SMILES string of the molecule is COC[C@H](C)N(Cc1ccccc1OC)C(=O)c1cccc(N(C)C)c1. The number of nitrogens with zero attached hydrogens (tertiary/aromatic N) is 2. The van der Waals surface area contributed by atoms with E-state index in [1.54, 1.807) is 14.2 Å². The molecule has 2 rings (SSSR count). The van der Waals surface area contributed by atoms with Crippen molar-refractivity contribution in [2.75, 3.05) is 39.8 Å². The number of methoxy groups -OCH3 is 2. The topological polar surface area (TPSA) is 42.0 Å². The number of benzene rings is 2. The Bertz CT molecular complexity index is 731. The van der Waals surface area contributed by atoms with Gasteiger partial charge in [0.2, 0.25) is 0 Å². The number of ether oxygens (including phenoxy) is 2. The number of rotatable bonds is 8. The van der Waals surface area contributed by atoms with Crippen molar-refractivity contribution in [2.45, 2.75) is 19.5 Å². The van der Waals surface area contributed by atoms with E-state index < -0.39 is 0 Å². The van der Waals surface area contributed by atoms with Crippen LogP contribution in [0.15, 0.2) is 48.5 Å². The van der Waals surface area contributed by atoms with Crippen LogP contribution in [0.4, 0.5) is 5.69 Å². The second-order valence-electron chi connectivity index (χ2n) is 6.49. The predicted molar refractivity (Wildman–Crippen MR) is 105 cm³/mol. The predicted octanol–water partition coefficient (Wildman–Crippen LogP) is 3.44. The first-order valence-corrected chi connectivity index (χ1v) is 8.67. The van der Waals surface area contributed by atoms with E-state index >= 15 is 0 Å². The maximum absolute atomic E-state index is 13.3. The summed E-state index contributed by atoms with van der Waals surface area (Å²) in [6, 6.07) is 15.4. The quantitative estimate of drug-likeness (QED) is 0.727. The van der Waals surface area contributed by atoms with Gasteiger partial charge in [0.25, 0.3) is 5.91 Å². The van der Waals surface area contributed by atoms with Crippen LogP contribution >= 0.6 is 0 Å². The lowest BCUT2D eigenvalue weighted by Gasteiger charge is -2.30. The van der Waals surface area contributed by atoms with E-state index in [9.17, 15) is 4.79 Å². The van der Waals surface area contributed by atoms with Gasteiger partial charge in [-0.25, -0.2) is 0 Å². The fourth-order valence-electron chi connectivity index (χ4n) is 2.86. The van der Waals surface area contributed by atoms with Crippen LogP contribution in [0.1, 0.15) is 22.8 Å². The van der Waals surface area contributed by atoms with E-state index in [1.807, 2.05) is 79.3 Å². The van der Waals surface area contributed by atoms with E-state index in [-0.39, 0.29) is 11.9 Å². The molecule has 5 nitrogen and oxygen atoms in total. The third-order valence-electron chi connectivity index (χ3n) is 4.34. The van der Waals surface area contributed by atoms with Gasteiger partial charge < -0.3 is 19.3 Å². The Morgan fingerprint density at radius 3 is 2.46 bits per heavy atom. The number of amides is 1. The first-order chi connectivity index (χ1) is 12.5. The van der Waals surface area contributed by atoms with E-state index in [1.165, 1.54) is 0 Å². The summed E-state index contributed by atoms with van der Waals surface area (Å²) in [5, 5.41) is 0. The molecule has 2 aromatic carbocycles. The molecule has 2 aromatic rings. The Morgan fingerprint density at radius 2 is 1.81 bits per heavy atom. The molecular weight excluding hydrogens is 328 g/mol. The fourth-order valence-corrected chi connectivity index (χ4v) is 2.86. The average Bonchev–Trinajstić information content (AvgIpc) is 2.66. The highest BCUT2D eigenvalue weighted by Gasteiger charge is 2.23. The Labute approximate surface area is 156 Å². The van der Waals surface area contributed by atoms with E-state index in [2.05, 4.69) is 0 Å². The molecule has 0 aliphatic heterocycles. The normalized spacial score (nSPS) is 11.7. The zero-order valence-corrected chi connectivity index (χ0v) is 16.2. The molecule has 0 fully saturated rings. The number of carbonyl (C=O) groups is 1. The summed E-state index contributed by atoms with van der Waals surface area (Å²) < 4.78 is 10.7. The van der Waals surface area contributed by atoms with Crippen LogP contribution in [-0.2, 0) is 11.3 Å². The van der Waals surface area contributed by atoms with Gasteiger partial charge in [0, 0.05) is 38.0 Å². The summed E-state index contributed by atoms with van der Waals surface area (Å²) in [7, 11) is 7.21. The highest BCUT2D eigenvalue weighted by Crippen LogP contribution is 2.23. The summed E-state index contributed by atoms with van der Waals surface area (Å²) in [6.07, 6.45) is 0. The van der Waals surface area contributed by atoms with Crippen LogP contribution in [-0.4, -0.2) is 51.8 Å². The minimum Gasteiger partial charge on any atom is -0.496 e. The van der Waals surface area contributed by atoms with Gasteiger partial charge in [0.05, 0.1) is 26.3 Å². The first-order valence-electron chi connectivity index (χ1n) is 8.67. The lowest BCUT2D eigenvalue weighted by molar-refractivity contribution is 0.0540. The summed E-state index contributed by atoms with van der Waals surface area (Å²) >= 11 is 0. The molecule has 0 heterocycles. The van der Waals surface area contributed by atoms with Crippen LogP contribution < -0.4 is 9.64 Å². The van der Waals surface area contributed by atoms with Gasteiger partial charge in [0.15, 0.2) is 0 Å². The molecule has 26 heavy (non-hydrogen) atoms. The lowest BCUT2D eigenvalue weighted by atomic mass is 10.1. The van der Waals surface area contributed by atoms with Crippen LogP contribution in [0, 0.1) is 0 Å². The highest BCUT2D eigenvalue weighted by atomic mass is 16.5. The zero-order chi connectivity index (χ0) is 19.1. The van der Waals surface area contributed by atoms with Crippen LogP contribution in [0.3, 0.4) is 0 Å². The second-order valence-corrected chi connectivity index (χ2v) is 6.49. The average molecular weight is 356 g/mol. The molecule has 0 aliphatic carbocycles. The molecule has 5 heteroatoms. The number of hydrogen-bond acceptors (Lipinski definition) is 4. The molecule has 0 unspecified atom stereocenters. The third kappa shape index (κ3) is 4.76. The van der Waals surface area contributed by atoms with Crippen molar-refractivity contribution in [2.24, 2.45) is 0 Å². The minimum absolute atomic E-state index is 0.0239. The molecule has 0 bridgehead atoms. The number of para-hydroxylation sites is 1. The van der Waals surface area contributed by atoms with Gasteiger partial charge in [-0.05, 0) is 31.2 Å². The first kappa shape index (κ1) is 19.8. The zero-order valence-electron chi connectivity index (χ0n) is 16.2. The largest absolute Gasteiger partial charge is 0.496 e. The molecule has 0 saturated carbocycles. The Balaban J connectivity index is 2.35. The fraction of sp³-hybridized carbons (Fsp3) is 0.381. The summed E-state index contributed by atoms with van der Waals surface area (Å²) in [6.45, 7) is 2.92. The Kier molecular flexibility index (Phi) is 7.04. The van der Waals surface area contributed by atoms with Crippen molar-refractivity contribution >= 4 is 11.6 Å². The minimum atomic E-state index is -0.0691. The van der Waals surface area contributed by atoms with Gasteiger partial charge in [-0.15, -0.1) is 0 Å². The number of hydrogen-bond donors (Lipinski definition) is 0. The van der Waals surface area contributed by atoms with Crippen LogP contribution in [0.25, 0.3) is 0 Å². The van der Waals surface area contributed by atoms with Gasteiger partial charge >= 0.3 is 0 Å². The van der Waals surface area contributed by atoms with E-state index in [4.69, 9.17) is 9.47 Å². The van der Waals surface area contributed by atoms with Crippen LogP contribution in [0.5, 0.6) is 5.75 Å². The van der Waals surface area contributed by atoms with Gasteiger partial charge in [0.1, 0.15) is 5.75 Å². The van der Waals surface area contributed by atoms with E-state index in [0.29, 0.717) is 18.7 Å². The molecular formula is C21H28N2O3. The molecule has 0 spiro atoms. The second kappa shape index (κ2) is 9.25. The summed E-state index contributed by atoms with van der Waals surface area (Å²) in [5.74, 6) is 0.751. The summed E-state index contributed by atoms with van der Waals surface area (Å²) in [5.41, 5.74) is 2.62. The van der Waals surface area contributed by atoms with Gasteiger partial charge in [-0.3, -0.25) is 4.79 Å². The van der Waals surface area contributed by atoms with Crippen molar-refractivity contribution in [3.05, 3.63) is 59.7 Å².